The van der Waals surface area contributed by atoms with Gasteiger partial charge < -0.3 is 9.32 Å². The molecule has 368 valence electrons. The fraction of sp³-hybridized carbons (Fsp3) is 0.205. The molecule has 2 heteroatoms. The average molecular weight is 972 g/mol. The Labute approximate surface area is 442 Å². The summed E-state index contributed by atoms with van der Waals surface area (Å²) in [6, 6.07) is 76.0. The zero-order valence-electron chi connectivity index (χ0n) is 44.0. The molecule has 0 fully saturated rings. The Morgan fingerprint density at radius 1 is 0.360 bits per heavy atom. The molecular formula is C73H65NO. The Bertz CT molecular complexity index is 4000. The van der Waals surface area contributed by atoms with E-state index >= 15 is 0 Å². The van der Waals surface area contributed by atoms with Gasteiger partial charge in [-0.25, -0.2) is 0 Å². The van der Waals surface area contributed by atoms with Gasteiger partial charge in [0.15, 0.2) is 0 Å². The Balaban J connectivity index is 1.03. The molecule has 0 unspecified atom stereocenters. The Morgan fingerprint density at radius 3 is 1.35 bits per heavy atom. The molecule has 0 spiro atoms. The quantitative estimate of drug-likeness (QED) is 0.0752. The topological polar surface area (TPSA) is 16.4 Å². The van der Waals surface area contributed by atoms with E-state index in [1.54, 1.807) is 0 Å². The van der Waals surface area contributed by atoms with Gasteiger partial charge in [0, 0.05) is 32.6 Å². The summed E-state index contributed by atoms with van der Waals surface area (Å²) in [5.41, 5.74) is 18.8. The van der Waals surface area contributed by atoms with E-state index in [1.807, 2.05) is 0 Å². The molecule has 1 aliphatic carbocycles. The number of aryl methyl sites for hydroxylation is 2. The smallest absolute Gasteiger partial charge is 0.135 e. The average Bonchev–Trinajstić information content (AvgIpc) is 4.03. The molecule has 0 saturated carbocycles. The van der Waals surface area contributed by atoms with Crippen LogP contribution in [0.15, 0.2) is 205 Å². The number of furan rings is 1. The highest BCUT2D eigenvalue weighted by Gasteiger charge is 2.43. The van der Waals surface area contributed by atoms with Crippen molar-refractivity contribution < 1.29 is 4.42 Å². The van der Waals surface area contributed by atoms with Gasteiger partial charge in [-0.2, -0.15) is 0 Å². The van der Waals surface area contributed by atoms with Crippen molar-refractivity contribution >= 4 is 82.1 Å². The first-order valence-electron chi connectivity index (χ1n) is 27.9. The fourth-order valence-corrected chi connectivity index (χ4v) is 13.4. The normalized spacial score (nSPS) is 12.9. The van der Waals surface area contributed by atoms with Crippen molar-refractivity contribution in [3.8, 4) is 33.4 Å². The molecule has 11 aromatic carbocycles. The van der Waals surface area contributed by atoms with Gasteiger partial charge in [-0.05, 0) is 163 Å². The highest BCUT2D eigenvalue weighted by molar-refractivity contribution is 6.22. The van der Waals surface area contributed by atoms with E-state index in [0.29, 0.717) is 0 Å². The number of fused-ring (bicyclic) bond motifs is 10. The number of unbranched alkanes of at least 4 members (excludes halogenated alkanes) is 6. The summed E-state index contributed by atoms with van der Waals surface area (Å²) in [4.78, 5) is 2.59. The van der Waals surface area contributed by atoms with Crippen molar-refractivity contribution in [2.24, 2.45) is 0 Å². The lowest BCUT2D eigenvalue weighted by Crippen LogP contribution is -2.26. The molecular weight excluding hydrogens is 907 g/mol. The summed E-state index contributed by atoms with van der Waals surface area (Å²) in [6.45, 7) is 9.17. The van der Waals surface area contributed by atoms with E-state index in [0.717, 1.165) is 34.8 Å². The largest absolute Gasteiger partial charge is 0.456 e. The number of anilines is 3. The zero-order valence-corrected chi connectivity index (χ0v) is 44.0. The first-order valence-corrected chi connectivity index (χ1v) is 27.9. The second-order valence-corrected chi connectivity index (χ2v) is 21.6. The second-order valence-electron chi connectivity index (χ2n) is 21.6. The molecule has 0 aliphatic heterocycles. The zero-order chi connectivity index (χ0) is 50.6. The van der Waals surface area contributed by atoms with Crippen LogP contribution < -0.4 is 4.90 Å². The summed E-state index contributed by atoms with van der Waals surface area (Å²) in [5, 5.41) is 12.5. The number of hydrogen-bond acceptors (Lipinski definition) is 2. The van der Waals surface area contributed by atoms with Crippen molar-refractivity contribution in [2.45, 2.75) is 97.3 Å². The van der Waals surface area contributed by atoms with E-state index in [4.69, 9.17) is 4.42 Å². The summed E-state index contributed by atoms with van der Waals surface area (Å²) in [6.07, 6.45) is 12.1. The van der Waals surface area contributed by atoms with Crippen molar-refractivity contribution in [3.63, 3.8) is 0 Å². The van der Waals surface area contributed by atoms with E-state index in [9.17, 15) is 0 Å². The van der Waals surface area contributed by atoms with Crippen molar-refractivity contribution in [2.75, 3.05) is 4.90 Å². The minimum absolute atomic E-state index is 0.164. The van der Waals surface area contributed by atoms with Crippen molar-refractivity contribution in [3.05, 3.63) is 222 Å². The molecule has 75 heavy (non-hydrogen) atoms. The van der Waals surface area contributed by atoms with Crippen LogP contribution in [0.3, 0.4) is 0 Å². The number of hydrogen-bond donors (Lipinski definition) is 0. The third-order valence-electron chi connectivity index (χ3n) is 17.1. The molecule has 0 N–H and O–H groups in total. The van der Waals surface area contributed by atoms with Crippen LogP contribution in [0.5, 0.6) is 0 Å². The maximum Gasteiger partial charge on any atom is 0.135 e. The predicted octanol–water partition coefficient (Wildman–Crippen LogP) is 21.8. The summed E-state index contributed by atoms with van der Waals surface area (Å²) in [5.74, 6) is 0. The van der Waals surface area contributed by atoms with Gasteiger partial charge in [0.1, 0.15) is 11.2 Å². The van der Waals surface area contributed by atoms with Gasteiger partial charge in [-0.1, -0.05) is 217 Å². The highest BCUT2D eigenvalue weighted by atomic mass is 16.3. The molecule has 0 radical (unpaired) electrons. The maximum absolute atomic E-state index is 6.34. The molecule has 12 aromatic rings. The lowest BCUT2D eigenvalue weighted by atomic mass is 9.70. The predicted molar refractivity (Wildman–Crippen MR) is 323 cm³/mol. The van der Waals surface area contributed by atoms with Gasteiger partial charge in [0.25, 0.3) is 0 Å². The molecule has 0 amide bonds. The Hall–Kier alpha value is -7.94. The lowest BCUT2D eigenvalue weighted by molar-refractivity contribution is 0.401. The summed E-state index contributed by atoms with van der Waals surface area (Å²) in [7, 11) is 0. The molecule has 13 rings (SSSR count). The Morgan fingerprint density at radius 2 is 0.800 bits per heavy atom. The van der Waals surface area contributed by atoms with Crippen LogP contribution in [-0.2, 0) is 5.41 Å². The SMILES string of the molecule is CCCCCCC1(CCCCCC)c2cc(-c3c4ccccc4c(-c4ccc5oc6ccccc6c5c4)c4ccccc34)ccc2-c2ccc(N(c3ccc(C)c4ccccc34)c3ccc(C)c4ccccc34)cc21. The van der Waals surface area contributed by atoms with E-state index in [1.165, 1.54) is 167 Å². The molecule has 1 aromatic heterocycles. The highest BCUT2D eigenvalue weighted by Crippen LogP contribution is 2.58. The van der Waals surface area contributed by atoms with Crippen LogP contribution in [0.1, 0.15) is 100 Å². The van der Waals surface area contributed by atoms with Crippen LogP contribution >= 0.6 is 0 Å². The molecule has 1 heterocycles. The van der Waals surface area contributed by atoms with Crippen LogP contribution in [-0.4, -0.2) is 0 Å². The van der Waals surface area contributed by atoms with E-state index < -0.39 is 0 Å². The Kier molecular flexibility index (Phi) is 12.1. The standard InChI is InChI=1S/C73H65NO/c1-5-7-9-21-43-73(44-22-10-8-6-2)65-46-51(72-62-30-17-15-28-60(62)71(61-29-16-18-31-63(61)72)50-36-42-70-64(45-50)59-27-19-20-32-69(59)75-70)35-38-55(65)56-39-37-52(47-66(56)73)74(67-40-33-48(3)53-23-11-13-25-57(53)67)68-41-34-49(4)54-24-12-14-26-58(54)68/h11-20,23-42,45-47H,5-10,21-22,43-44H2,1-4H3. The number of para-hydroxylation sites is 1. The molecule has 0 atom stereocenters. The minimum Gasteiger partial charge on any atom is -0.456 e. The second kappa shape index (κ2) is 19.4. The van der Waals surface area contributed by atoms with E-state index in [2.05, 4.69) is 233 Å². The molecule has 2 nitrogen and oxygen atoms in total. The van der Waals surface area contributed by atoms with Gasteiger partial charge in [-0.3, -0.25) is 0 Å². The molecule has 0 bridgehead atoms. The van der Waals surface area contributed by atoms with Crippen LogP contribution in [0.4, 0.5) is 17.1 Å². The van der Waals surface area contributed by atoms with Gasteiger partial charge >= 0.3 is 0 Å². The van der Waals surface area contributed by atoms with Gasteiger partial charge in [0.2, 0.25) is 0 Å². The summed E-state index contributed by atoms with van der Waals surface area (Å²) >= 11 is 0. The monoisotopic (exact) mass is 972 g/mol. The minimum atomic E-state index is -0.164. The van der Waals surface area contributed by atoms with Crippen LogP contribution in [0.2, 0.25) is 0 Å². The summed E-state index contributed by atoms with van der Waals surface area (Å²) < 4.78 is 6.34. The third kappa shape index (κ3) is 7.83. The number of rotatable bonds is 15. The molecule has 1 aliphatic rings. The number of benzene rings is 11. The number of nitrogens with zero attached hydrogens (tertiary/aromatic N) is 1. The van der Waals surface area contributed by atoms with Crippen molar-refractivity contribution in [1.29, 1.82) is 0 Å². The first-order chi connectivity index (χ1) is 37.0. The third-order valence-corrected chi connectivity index (χ3v) is 17.1. The fourth-order valence-electron chi connectivity index (χ4n) is 13.4. The van der Waals surface area contributed by atoms with Gasteiger partial charge in [-0.15, -0.1) is 0 Å². The molecule has 0 saturated heterocycles. The lowest BCUT2D eigenvalue weighted by Gasteiger charge is -2.35. The van der Waals surface area contributed by atoms with E-state index in [-0.39, 0.29) is 5.41 Å². The van der Waals surface area contributed by atoms with Crippen LogP contribution in [0.25, 0.3) is 98.4 Å². The first kappa shape index (κ1) is 46.8. The maximum atomic E-state index is 6.34. The van der Waals surface area contributed by atoms with Crippen LogP contribution in [0, 0.1) is 13.8 Å². The van der Waals surface area contributed by atoms with Gasteiger partial charge in [0.05, 0.1) is 11.4 Å². The van der Waals surface area contributed by atoms with Crippen molar-refractivity contribution in [1.82, 2.24) is 0 Å².